The first kappa shape index (κ1) is 17.4. The van der Waals surface area contributed by atoms with Crippen molar-refractivity contribution in [2.75, 3.05) is 10.6 Å². The highest BCUT2D eigenvalue weighted by Crippen LogP contribution is 2.14. The van der Waals surface area contributed by atoms with E-state index in [0.29, 0.717) is 17.9 Å². The lowest BCUT2D eigenvalue weighted by Gasteiger charge is -2.10. The second-order valence-corrected chi connectivity index (χ2v) is 5.85. The molecule has 1 heterocycles. The highest BCUT2D eigenvalue weighted by Gasteiger charge is 2.11. The fourth-order valence-electron chi connectivity index (χ4n) is 2.08. The number of aromatic nitrogens is 2. The molecular weight excluding hydrogens is 308 g/mol. The summed E-state index contributed by atoms with van der Waals surface area (Å²) in [5.41, 5.74) is 1.14. The predicted octanol–water partition coefficient (Wildman–Crippen LogP) is 2.11. The number of nitrogens with zero attached hydrogens (tertiary/aromatic N) is 2. The van der Waals surface area contributed by atoms with E-state index in [0.717, 1.165) is 0 Å². The molecule has 1 aromatic heterocycles. The molecule has 0 aliphatic rings. The molecule has 0 radical (unpaired) electrons. The van der Waals surface area contributed by atoms with Gasteiger partial charge in [0.2, 0.25) is 5.91 Å². The number of anilines is 2. The minimum atomic E-state index is -0.403. The van der Waals surface area contributed by atoms with Crippen molar-refractivity contribution in [3.8, 4) is 0 Å². The highest BCUT2D eigenvalue weighted by atomic mass is 16.2. The van der Waals surface area contributed by atoms with E-state index in [2.05, 4.69) is 15.7 Å². The van der Waals surface area contributed by atoms with Gasteiger partial charge < -0.3 is 10.6 Å². The Balaban J connectivity index is 2.12. The van der Waals surface area contributed by atoms with Crippen LogP contribution in [0.25, 0.3) is 0 Å². The van der Waals surface area contributed by atoms with E-state index >= 15 is 0 Å². The molecule has 2 aromatic rings. The van der Waals surface area contributed by atoms with Gasteiger partial charge in [-0.1, -0.05) is 13.8 Å². The smallest absolute Gasteiger partial charge is 0.276 e. The number of amides is 2. The summed E-state index contributed by atoms with van der Waals surface area (Å²) in [7, 11) is 0. The largest absolute Gasteiger partial charge is 0.326 e. The van der Waals surface area contributed by atoms with Gasteiger partial charge in [-0.15, -0.1) is 0 Å². The average Bonchev–Trinajstić information content (AvgIpc) is 2.50. The SMILES string of the molecule is CC(=O)Nc1ccc(NC(=O)c2ccc(=O)n(CC(C)C)n2)cc1. The van der Waals surface area contributed by atoms with Gasteiger partial charge in [0, 0.05) is 30.9 Å². The summed E-state index contributed by atoms with van der Waals surface area (Å²) in [4.78, 5) is 35.0. The van der Waals surface area contributed by atoms with Crippen molar-refractivity contribution in [2.45, 2.75) is 27.3 Å². The molecule has 2 N–H and O–H groups in total. The van der Waals surface area contributed by atoms with Crippen LogP contribution >= 0.6 is 0 Å². The van der Waals surface area contributed by atoms with Crippen LogP contribution in [0, 0.1) is 5.92 Å². The quantitative estimate of drug-likeness (QED) is 0.879. The van der Waals surface area contributed by atoms with Crippen molar-refractivity contribution in [1.82, 2.24) is 9.78 Å². The Kier molecular flexibility index (Phi) is 5.47. The summed E-state index contributed by atoms with van der Waals surface area (Å²) in [6, 6.07) is 9.46. The number of carbonyl (C=O) groups excluding carboxylic acids is 2. The topological polar surface area (TPSA) is 93.1 Å². The number of rotatable bonds is 5. The molecule has 1 aromatic carbocycles. The van der Waals surface area contributed by atoms with Crippen LogP contribution in [0.4, 0.5) is 11.4 Å². The molecule has 24 heavy (non-hydrogen) atoms. The minimum Gasteiger partial charge on any atom is -0.326 e. The third-order valence-corrected chi connectivity index (χ3v) is 3.10. The van der Waals surface area contributed by atoms with Gasteiger partial charge in [-0.25, -0.2) is 4.68 Å². The monoisotopic (exact) mass is 328 g/mol. The summed E-state index contributed by atoms with van der Waals surface area (Å²) < 4.78 is 1.29. The standard InChI is InChI=1S/C17H20N4O3/c1-11(2)10-21-16(23)9-8-15(20-21)17(24)19-14-6-4-13(5-7-14)18-12(3)22/h4-9,11H,10H2,1-3H3,(H,18,22)(H,19,24). The van der Waals surface area contributed by atoms with Crippen molar-refractivity contribution in [2.24, 2.45) is 5.92 Å². The van der Waals surface area contributed by atoms with Gasteiger partial charge in [0.15, 0.2) is 0 Å². The van der Waals surface area contributed by atoms with Crippen LogP contribution < -0.4 is 16.2 Å². The molecule has 0 aliphatic heterocycles. The van der Waals surface area contributed by atoms with Crippen LogP contribution in [-0.2, 0) is 11.3 Å². The fraction of sp³-hybridized carbons (Fsp3) is 0.294. The lowest BCUT2D eigenvalue weighted by Crippen LogP contribution is -2.27. The molecule has 2 rings (SSSR count). The van der Waals surface area contributed by atoms with E-state index in [4.69, 9.17) is 0 Å². The third kappa shape index (κ3) is 4.77. The molecule has 0 atom stereocenters. The molecule has 0 fully saturated rings. The van der Waals surface area contributed by atoms with Crippen LogP contribution in [0.15, 0.2) is 41.2 Å². The zero-order chi connectivity index (χ0) is 17.7. The number of benzene rings is 1. The van der Waals surface area contributed by atoms with Gasteiger partial charge >= 0.3 is 0 Å². The predicted molar refractivity (Wildman–Crippen MR) is 92.0 cm³/mol. The van der Waals surface area contributed by atoms with Gasteiger partial charge in [-0.2, -0.15) is 5.10 Å². The molecule has 0 unspecified atom stereocenters. The van der Waals surface area contributed by atoms with Gasteiger partial charge in [0.1, 0.15) is 5.69 Å². The van der Waals surface area contributed by atoms with E-state index < -0.39 is 5.91 Å². The van der Waals surface area contributed by atoms with Gasteiger partial charge in [0.05, 0.1) is 0 Å². The maximum absolute atomic E-state index is 12.3. The summed E-state index contributed by atoms with van der Waals surface area (Å²) >= 11 is 0. The first-order chi connectivity index (χ1) is 11.3. The van der Waals surface area contributed by atoms with Crippen LogP contribution in [-0.4, -0.2) is 21.6 Å². The Hall–Kier alpha value is -2.96. The zero-order valence-corrected chi connectivity index (χ0v) is 13.9. The molecule has 0 aliphatic carbocycles. The molecular formula is C17H20N4O3. The van der Waals surface area contributed by atoms with Crippen LogP contribution in [0.2, 0.25) is 0 Å². The fourth-order valence-corrected chi connectivity index (χ4v) is 2.08. The third-order valence-electron chi connectivity index (χ3n) is 3.10. The number of nitrogens with one attached hydrogen (secondary N) is 2. The summed E-state index contributed by atoms with van der Waals surface area (Å²) in [5, 5.41) is 9.46. The van der Waals surface area contributed by atoms with Gasteiger partial charge in [-0.3, -0.25) is 14.4 Å². The normalized spacial score (nSPS) is 10.5. The summed E-state index contributed by atoms with van der Waals surface area (Å²) in [6.07, 6.45) is 0. The Morgan fingerprint density at radius 2 is 1.62 bits per heavy atom. The molecule has 7 heteroatoms. The number of carbonyl (C=O) groups is 2. The van der Waals surface area contributed by atoms with Crippen LogP contribution in [0.3, 0.4) is 0 Å². The number of hydrogen-bond donors (Lipinski definition) is 2. The summed E-state index contributed by atoms with van der Waals surface area (Å²) in [5.74, 6) is -0.321. The van der Waals surface area contributed by atoms with Crippen molar-refractivity contribution < 1.29 is 9.59 Å². The van der Waals surface area contributed by atoms with Crippen LogP contribution in [0.5, 0.6) is 0 Å². The summed E-state index contributed by atoms with van der Waals surface area (Å²) in [6.45, 7) is 5.81. The first-order valence-corrected chi connectivity index (χ1v) is 7.62. The highest BCUT2D eigenvalue weighted by molar-refractivity contribution is 6.02. The molecule has 0 spiro atoms. The Labute approximate surface area is 139 Å². The van der Waals surface area contributed by atoms with E-state index in [1.165, 1.54) is 23.7 Å². The second-order valence-electron chi connectivity index (χ2n) is 5.85. The average molecular weight is 328 g/mol. The van der Waals surface area contributed by atoms with E-state index in [1.54, 1.807) is 24.3 Å². The van der Waals surface area contributed by atoms with Crippen molar-refractivity contribution in [1.29, 1.82) is 0 Å². The minimum absolute atomic E-state index is 0.164. The van der Waals surface area contributed by atoms with Crippen molar-refractivity contribution in [3.63, 3.8) is 0 Å². The molecule has 0 bridgehead atoms. The molecule has 2 amide bonds. The second kappa shape index (κ2) is 7.54. The van der Waals surface area contributed by atoms with E-state index in [1.807, 2.05) is 13.8 Å². The molecule has 0 saturated carbocycles. The molecule has 7 nitrogen and oxygen atoms in total. The van der Waals surface area contributed by atoms with E-state index in [9.17, 15) is 14.4 Å². The lowest BCUT2D eigenvalue weighted by atomic mass is 10.2. The first-order valence-electron chi connectivity index (χ1n) is 7.62. The van der Waals surface area contributed by atoms with Crippen molar-refractivity contribution >= 4 is 23.2 Å². The maximum Gasteiger partial charge on any atom is 0.276 e. The Morgan fingerprint density at radius 1 is 1.04 bits per heavy atom. The maximum atomic E-state index is 12.3. The Morgan fingerprint density at radius 3 is 2.17 bits per heavy atom. The number of hydrogen-bond acceptors (Lipinski definition) is 4. The lowest BCUT2D eigenvalue weighted by molar-refractivity contribution is -0.114. The van der Waals surface area contributed by atoms with Crippen LogP contribution in [0.1, 0.15) is 31.3 Å². The van der Waals surface area contributed by atoms with Gasteiger partial charge in [-0.05, 0) is 36.2 Å². The Bertz CT molecular complexity index is 794. The molecule has 126 valence electrons. The van der Waals surface area contributed by atoms with Crippen molar-refractivity contribution in [3.05, 3.63) is 52.4 Å². The van der Waals surface area contributed by atoms with Gasteiger partial charge in [0.25, 0.3) is 11.5 Å². The molecule has 0 saturated heterocycles. The zero-order valence-electron chi connectivity index (χ0n) is 13.9. The van der Waals surface area contributed by atoms with E-state index in [-0.39, 0.29) is 23.1 Å².